The predicted molar refractivity (Wildman–Crippen MR) is 49.9 cm³/mol. The van der Waals surface area contributed by atoms with Crippen molar-refractivity contribution in [1.82, 2.24) is 0 Å². The van der Waals surface area contributed by atoms with Gasteiger partial charge < -0.3 is 5.11 Å². The van der Waals surface area contributed by atoms with Gasteiger partial charge in [0.05, 0.1) is 0 Å². The monoisotopic (exact) mass is 170 g/mol. The molecule has 0 rings (SSSR count). The van der Waals surface area contributed by atoms with Crippen molar-refractivity contribution in [2.75, 3.05) is 0 Å². The maximum atomic E-state index is 11.6. The Hall–Kier alpha value is -0.630. The normalized spacial score (nSPS) is 16.8. The van der Waals surface area contributed by atoms with E-state index in [1.807, 2.05) is 0 Å². The van der Waals surface area contributed by atoms with Crippen LogP contribution < -0.4 is 0 Å². The zero-order chi connectivity index (χ0) is 9.99. The van der Waals surface area contributed by atoms with E-state index in [1.54, 1.807) is 26.8 Å². The van der Waals surface area contributed by atoms with Crippen LogP contribution in [0, 0.1) is 5.41 Å². The first-order chi connectivity index (χ1) is 5.22. The van der Waals surface area contributed by atoms with Crippen molar-refractivity contribution < 1.29 is 9.90 Å². The summed E-state index contributed by atoms with van der Waals surface area (Å²) in [6, 6.07) is 0. The Balaban J connectivity index is 4.57. The fraction of sp³-hybridized carbons (Fsp3) is 0.700. The molecule has 0 aliphatic heterocycles. The van der Waals surface area contributed by atoms with Crippen LogP contribution in [0.1, 0.15) is 34.1 Å². The van der Waals surface area contributed by atoms with Gasteiger partial charge >= 0.3 is 0 Å². The molecule has 1 N–H and O–H groups in total. The molecule has 0 aliphatic carbocycles. The molecule has 0 amide bonds. The van der Waals surface area contributed by atoms with Crippen molar-refractivity contribution in [2.24, 2.45) is 5.41 Å². The largest absolute Gasteiger partial charge is 0.382 e. The van der Waals surface area contributed by atoms with Crippen molar-refractivity contribution in [3.63, 3.8) is 0 Å². The molecule has 0 radical (unpaired) electrons. The van der Waals surface area contributed by atoms with Crippen molar-refractivity contribution >= 4 is 5.78 Å². The predicted octanol–water partition coefficient (Wildman–Crippen LogP) is 1.93. The van der Waals surface area contributed by atoms with Gasteiger partial charge in [0.25, 0.3) is 0 Å². The van der Waals surface area contributed by atoms with Gasteiger partial charge in [0, 0.05) is 11.8 Å². The summed E-state index contributed by atoms with van der Waals surface area (Å²) in [5, 5.41) is 9.70. The van der Waals surface area contributed by atoms with Gasteiger partial charge in [-0.05, 0) is 6.92 Å². The van der Waals surface area contributed by atoms with E-state index in [9.17, 15) is 9.90 Å². The summed E-state index contributed by atoms with van der Waals surface area (Å²) in [7, 11) is 0. The molecular weight excluding hydrogens is 152 g/mol. The van der Waals surface area contributed by atoms with Gasteiger partial charge in [0.1, 0.15) is 5.60 Å². The van der Waals surface area contributed by atoms with Crippen molar-refractivity contribution in [3.05, 3.63) is 12.7 Å². The number of hydrogen-bond acceptors (Lipinski definition) is 2. The Morgan fingerprint density at radius 2 is 1.83 bits per heavy atom. The number of carbonyl (C=O) groups is 1. The van der Waals surface area contributed by atoms with Crippen molar-refractivity contribution in [1.29, 1.82) is 0 Å². The third-order valence-corrected chi connectivity index (χ3v) is 1.71. The van der Waals surface area contributed by atoms with Crippen molar-refractivity contribution in [3.8, 4) is 0 Å². The molecule has 70 valence electrons. The van der Waals surface area contributed by atoms with Crippen LogP contribution in [-0.2, 0) is 4.79 Å². The Labute approximate surface area is 74.3 Å². The lowest BCUT2D eigenvalue weighted by molar-refractivity contribution is -0.143. The minimum absolute atomic E-state index is 0.144. The summed E-state index contributed by atoms with van der Waals surface area (Å²) in [5.74, 6) is -0.144. The minimum Gasteiger partial charge on any atom is -0.382 e. The highest BCUT2D eigenvalue weighted by atomic mass is 16.3. The number of carbonyl (C=O) groups excluding carboxylic acids is 1. The van der Waals surface area contributed by atoms with Gasteiger partial charge in [-0.15, -0.1) is 6.58 Å². The van der Waals surface area contributed by atoms with Gasteiger partial charge in [0.2, 0.25) is 0 Å². The second-order valence-corrected chi connectivity index (χ2v) is 4.35. The third kappa shape index (κ3) is 2.78. The van der Waals surface area contributed by atoms with Crippen molar-refractivity contribution in [2.45, 2.75) is 39.7 Å². The minimum atomic E-state index is -1.26. The maximum Gasteiger partial charge on any atom is 0.169 e. The van der Waals surface area contributed by atoms with Crippen LogP contribution in [0.2, 0.25) is 0 Å². The van der Waals surface area contributed by atoms with E-state index in [4.69, 9.17) is 0 Å². The van der Waals surface area contributed by atoms with E-state index in [0.29, 0.717) is 6.42 Å². The smallest absolute Gasteiger partial charge is 0.169 e. The Morgan fingerprint density at radius 1 is 1.42 bits per heavy atom. The molecule has 0 aromatic heterocycles. The molecule has 2 nitrogen and oxygen atoms in total. The van der Waals surface area contributed by atoms with E-state index in [-0.39, 0.29) is 5.78 Å². The molecular formula is C10H18O2. The molecule has 0 saturated carbocycles. The van der Waals surface area contributed by atoms with Crippen LogP contribution in [0.5, 0.6) is 0 Å². The van der Waals surface area contributed by atoms with Gasteiger partial charge in [-0.3, -0.25) is 4.79 Å². The highest BCUT2D eigenvalue weighted by Crippen LogP contribution is 2.25. The number of rotatable bonds is 3. The molecule has 1 atom stereocenters. The van der Waals surface area contributed by atoms with Gasteiger partial charge in [-0.25, -0.2) is 0 Å². The van der Waals surface area contributed by atoms with Gasteiger partial charge in [0.15, 0.2) is 5.78 Å². The maximum absolute atomic E-state index is 11.6. The van der Waals surface area contributed by atoms with Crippen LogP contribution in [-0.4, -0.2) is 16.5 Å². The number of aliphatic hydroxyl groups is 1. The van der Waals surface area contributed by atoms with Crippen LogP contribution in [0.3, 0.4) is 0 Å². The zero-order valence-electron chi connectivity index (χ0n) is 8.35. The Bertz CT molecular complexity index is 185. The number of hydrogen-bond donors (Lipinski definition) is 1. The van der Waals surface area contributed by atoms with Crippen LogP contribution in [0.25, 0.3) is 0 Å². The summed E-state index contributed by atoms with van der Waals surface area (Å²) in [6.07, 6.45) is 1.87. The van der Waals surface area contributed by atoms with Crippen LogP contribution in [0.4, 0.5) is 0 Å². The molecule has 12 heavy (non-hydrogen) atoms. The van der Waals surface area contributed by atoms with Crippen LogP contribution in [0.15, 0.2) is 12.7 Å². The summed E-state index contributed by atoms with van der Waals surface area (Å²) >= 11 is 0. The Kier molecular flexibility index (Phi) is 3.22. The summed E-state index contributed by atoms with van der Waals surface area (Å²) in [5.41, 5.74) is -1.76. The van der Waals surface area contributed by atoms with Gasteiger partial charge in [-0.1, -0.05) is 26.8 Å². The molecule has 0 spiro atoms. The quantitative estimate of drug-likeness (QED) is 0.657. The summed E-state index contributed by atoms with van der Waals surface area (Å²) in [4.78, 5) is 11.6. The number of Topliss-reactive ketones (excluding diaryl/α,β-unsaturated/α-hetero) is 1. The summed E-state index contributed by atoms with van der Waals surface area (Å²) in [6.45, 7) is 10.4. The van der Waals surface area contributed by atoms with E-state index in [0.717, 1.165) is 0 Å². The van der Waals surface area contributed by atoms with E-state index in [2.05, 4.69) is 6.58 Å². The van der Waals surface area contributed by atoms with Gasteiger partial charge in [-0.2, -0.15) is 0 Å². The molecule has 0 fully saturated rings. The first-order valence-electron chi connectivity index (χ1n) is 4.10. The first kappa shape index (κ1) is 11.4. The van der Waals surface area contributed by atoms with E-state index in [1.165, 1.54) is 6.92 Å². The molecule has 0 aromatic carbocycles. The molecule has 0 heterocycles. The first-order valence-corrected chi connectivity index (χ1v) is 4.10. The zero-order valence-corrected chi connectivity index (χ0v) is 8.35. The second kappa shape index (κ2) is 3.40. The fourth-order valence-corrected chi connectivity index (χ4v) is 1.18. The molecule has 0 bridgehead atoms. The van der Waals surface area contributed by atoms with E-state index >= 15 is 0 Å². The highest BCUT2D eigenvalue weighted by molar-refractivity contribution is 5.91. The lowest BCUT2D eigenvalue weighted by atomic mass is 9.80. The lowest BCUT2D eigenvalue weighted by Gasteiger charge is -2.28. The molecule has 1 unspecified atom stereocenters. The standard InChI is InChI=1S/C10H18O2/c1-6-7-10(5,12)8(11)9(2,3)4/h6,12H,1,7H2,2-5H3. The topological polar surface area (TPSA) is 37.3 Å². The lowest BCUT2D eigenvalue weighted by Crippen LogP contribution is -2.42. The SMILES string of the molecule is C=CCC(C)(O)C(=O)C(C)(C)C. The molecule has 0 aliphatic rings. The number of ketones is 1. The second-order valence-electron chi connectivity index (χ2n) is 4.35. The molecule has 0 aromatic rings. The third-order valence-electron chi connectivity index (χ3n) is 1.71. The molecule has 0 saturated heterocycles. The van der Waals surface area contributed by atoms with Crippen LogP contribution >= 0.6 is 0 Å². The Morgan fingerprint density at radius 3 is 2.08 bits per heavy atom. The highest BCUT2D eigenvalue weighted by Gasteiger charge is 2.36. The fourth-order valence-electron chi connectivity index (χ4n) is 1.18. The molecule has 2 heteroatoms. The summed E-state index contributed by atoms with van der Waals surface area (Å²) < 4.78 is 0. The van der Waals surface area contributed by atoms with E-state index < -0.39 is 11.0 Å². The average Bonchev–Trinajstić information content (AvgIpc) is 1.84. The average molecular weight is 170 g/mol.